The van der Waals surface area contributed by atoms with Gasteiger partial charge in [-0.15, -0.1) is 0 Å². The highest BCUT2D eigenvalue weighted by molar-refractivity contribution is 9.10. The first-order chi connectivity index (χ1) is 11.5. The third-order valence-electron chi connectivity index (χ3n) is 3.89. The molecule has 2 amide bonds. The number of urea groups is 1. The summed E-state index contributed by atoms with van der Waals surface area (Å²) >= 11 is 9.31. The smallest absolute Gasteiger partial charge is 0.319 e. The lowest BCUT2D eigenvalue weighted by Crippen LogP contribution is -2.50. The summed E-state index contributed by atoms with van der Waals surface area (Å²) < 4.78 is 0.871. The minimum atomic E-state index is -0.613. The van der Waals surface area contributed by atoms with Gasteiger partial charge in [-0.3, -0.25) is 4.79 Å². The van der Waals surface area contributed by atoms with Gasteiger partial charge in [0.25, 0.3) is 0 Å². The SMILES string of the molecule is C=C1NC(=O)N[C@H](c2cccc(Br)c2)[C@H]1C(=O)c1ccc(Cl)cc1. The van der Waals surface area contributed by atoms with Crippen molar-refractivity contribution in [3.63, 3.8) is 0 Å². The van der Waals surface area contributed by atoms with Gasteiger partial charge < -0.3 is 10.6 Å². The summed E-state index contributed by atoms with van der Waals surface area (Å²) in [7, 11) is 0. The number of nitrogens with one attached hydrogen (secondary N) is 2. The van der Waals surface area contributed by atoms with Gasteiger partial charge in [0, 0.05) is 20.8 Å². The number of hydrogen-bond donors (Lipinski definition) is 2. The minimum Gasteiger partial charge on any atom is -0.330 e. The van der Waals surface area contributed by atoms with Crippen molar-refractivity contribution in [2.75, 3.05) is 0 Å². The van der Waals surface area contributed by atoms with E-state index in [-0.39, 0.29) is 11.8 Å². The van der Waals surface area contributed by atoms with Gasteiger partial charge in [-0.25, -0.2) is 4.79 Å². The molecular formula is C18H14BrClN2O2. The zero-order valence-corrected chi connectivity index (χ0v) is 14.9. The van der Waals surface area contributed by atoms with Crippen LogP contribution in [0.1, 0.15) is 22.0 Å². The number of halogens is 2. The van der Waals surface area contributed by atoms with E-state index in [1.807, 2.05) is 24.3 Å². The summed E-state index contributed by atoms with van der Waals surface area (Å²) in [5.74, 6) is -0.743. The maximum absolute atomic E-state index is 13.0. The number of ketones is 1. The summed E-state index contributed by atoms with van der Waals surface area (Å²) in [6.45, 7) is 3.88. The Balaban J connectivity index is 2.00. The standard InChI is InChI=1S/C18H14BrClN2O2/c1-10-15(17(23)11-5-7-14(20)8-6-11)16(22-18(24)21-10)12-3-2-4-13(19)9-12/h2-9,15-16H,1H2,(H2,21,22,24)/t15-,16+/m0/s1. The van der Waals surface area contributed by atoms with Gasteiger partial charge in [0.05, 0.1) is 12.0 Å². The van der Waals surface area contributed by atoms with Crippen LogP contribution in [0, 0.1) is 5.92 Å². The summed E-state index contributed by atoms with van der Waals surface area (Å²) in [6, 6.07) is 13.3. The molecule has 0 bridgehead atoms. The third kappa shape index (κ3) is 3.37. The van der Waals surface area contributed by atoms with Gasteiger partial charge in [0.15, 0.2) is 5.78 Å². The highest BCUT2D eigenvalue weighted by Gasteiger charge is 2.38. The monoisotopic (exact) mass is 404 g/mol. The second-order valence-electron chi connectivity index (χ2n) is 5.51. The molecule has 1 aliphatic rings. The molecule has 6 heteroatoms. The number of amides is 2. The van der Waals surface area contributed by atoms with Crippen molar-refractivity contribution in [3.05, 3.63) is 81.4 Å². The topological polar surface area (TPSA) is 58.2 Å². The van der Waals surface area contributed by atoms with Gasteiger partial charge >= 0.3 is 6.03 Å². The largest absolute Gasteiger partial charge is 0.330 e. The number of benzene rings is 2. The number of Topliss-reactive ketones (excluding diaryl/α,β-unsaturated/α-hetero) is 1. The number of hydrogen-bond acceptors (Lipinski definition) is 2. The van der Waals surface area contributed by atoms with Gasteiger partial charge in [0.1, 0.15) is 0 Å². The van der Waals surface area contributed by atoms with Crippen molar-refractivity contribution in [2.24, 2.45) is 5.92 Å². The predicted molar refractivity (Wildman–Crippen MR) is 97.0 cm³/mol. The van der Waals surface area contributed by atoms with E-state index in [0.29, 0.717) is 16.3 Å². The fourth-order valence-corrected chi connectivity index (χ4v) is 3.31. The molecule has 2 N–H and O–H groups in total. The molecule has 122 valence electrons. The quantitative estimate of drug-likeness (QED) is 0.740. The van der Waals surface area contributed by atoms with E-state index in [2.05, 4.69) is 33.1 Å². The Morgan fingerprint density at radius 3 is 2.54 bits per heavy atom. The Bertz CT molecular complexity index is 820. The van der Waals surface area contributed by atoms with Crippen LogP contribution in [0.25, 0.3) is 0 Å². The maximum Gasteiger partial charge on any atom is 0.319 e. The minimum absolute atomic E-state index is 0.130. The molecule has 0 saturated carbocycles. The Morgan fingerprint density at radius 1 is 1.17 bits per heavy atom. The van der Waals surface area contributed by atoms with E-state index in [4.69, 9.17) is 11.6 Å². The van der Waals surface area contributed by atoms with Crippen LogP contribution in [-0.4, -0.2) is 11.8 Å². The molecule has 0 radical (unpaired) electrons. The Labute approximate surface area is 153 Å². The number of carbonyl (C=O) groups is 2. The van der Waals surface area contributed by atoms with Crippen LogP contribution in [0.15, 0.2) is 65.3 Å². The molecule has 1 saturated heterocycles. The summed E-state index contributed by atoms with van der Waals surface area (Å²) in [6.07, 6.45) is 0. The van der Waals surface area contributed by atoms with Crippen LogP contribution in [-0.2, 0) is 0 Å². The van der Waals surface area contributed by atoms with Crippen molar-refractivity contribution >= 4 is 39.3 Å². The first kappa shape index (κ1) is 16.7. The molecule has 4 nitrogen and oxygen atoms in total. The highest BCUT2D eigenvalue weighted by atomic mass is 79.9. The Hall–Kier alpha value is -2.11. The lowest BCUT2D eigenvalue weighted by Gasteiger charge is -2.34. The van der Waals surface area contributed by atoms with E-state index in [1.165, 1.54) is 0 Å². The molecule has 1 fully saturated rings. The summed E-state index contributed by atoms with van der Waals surface area (Å²) in [4.78, 5) is 24.9. The lowest BCUT2D eigenvalue weighted by molar-refractivity contribution is 0.0905. The van der Waals surface area contributed by atoms with Crippen molar-refractivity contribution < 1.29 is 9.59 Å². The molecule has 1 heterocycles. The molecule has 3 rings (SSSR count). The average molecular weight is 406 g/mol. The van der Waals surface area contributed by atoms with E-state index >= 15 is 0 Å². The fraction of sp³-hybridized carbons (Fsp3) is 0.111. The molecule has 2 atom stereocenters. The third-order valence-corrected chi connectivity index (χ3v) is 4.63. The second kappa shape index (κ2) is 6.79. The van der Waals surface area contributed by atoms with Crippen LogP contribution in [0.2, 0.25) is 5.02 Å². The fourth-order valence-electron chi connectivity index (χ4n) is 2.76. The number of carbonyl (C=O) groups excluding carboxylic acids is 2. The van der Waals surface area contributed by atoms with Gasteiger partial charge in [0.2, 0.25) is 0 Å². The highest BCUT2D eigenvalue weighted by Crippen LogP contribution is 2.33. The van der Waals surface area contributed by atoms with Gasteiger partial charge in [-0.2, -0.15) is 0 Å². The zero-order valence-electron chi connectivity index (χ0n) is 12.6. The maximum atomic E-state index is 13.0. The van der Waals surface area contributed by atoms with E-state index in [0.717, 1.165) is 10.0 Å². The first-order valence-electron chi connectivity index (χ1n) is 7.27. The van der Waals surface area contributed by atoms with Crippen LogP contribution in [0.4, 0.5) is 4.79 Å². The molecule has 24 heavy (non-hydrogen) atoms. The molecule has 0 aliphatic carbocycles. The molecule has 2 aromatic rings. The molecule has 0 aromatic heterocycles. The normalized spacial score (nSPS) is 20.2. The Kier molecular flexibility index (Phi) is 4.73. The van der Waals surface area contributed by atoms with Gasteiger partial charge in [-0.1, -0.05) is 46.2 Å². The van der Waals surface area contributed by atoms with E-state index in [1.54, 1.807) is 24.3 Å². The van der Waals surface area contributed by atoms with Crippen molar-refractivity contribution in [1.29, 1.82) is 0 Å². The molecule has 0 spiro atoms. The van der Waals surface area contributed by atoms with E-state index < -0.39 is 12.0 Å². The summed E-state index contributed by atoms with van der Waals surface area (Å²) in [5.41, 5.74) is 1.72. The number of rotatable bonds is 3. The van der Waals surface area contributed by atoms with E-state index in [9.17, 15) is 9.59 Å². The molecule has 0 unspecified atom stereocenters. The van der Waals surface area contributed by atoms with Gasteiger partial charge in [-0.05, 0) is 42.0 Å². The summed E-state index contributed by atoms with van der Waals surface area (Å²) in [5, 5.41) is 5.99. The molecule has 1 aliphatic heterocycles. The van der Waals surface area contributed by atoms with Crippen LogP contribution in [0.3, 0.4) is 0 Å². The van der Waals surface area contributed by atoms with Crippen molar-refractivity contribution in [3.8, 4) is 0 Å². The zero-order chi connectivity index (χ0) is 17.3. The van der Waals surface area contributed by atoms with Crippen LogP contribution < -0.4 is 10.6 Å². The van der Waals surface area contributed by atoms with Crippen molar-refractivity contribution in [2.45, 2.75) is 6.04 Å². The van der Waals surface area contributed by atoms with Crippen molar-refractivity contribution in [1.82, 2.24) is 10.6 Å². The average Bonchev–Trinajstić information content (AvgIpc) is 2.54. The lowest BCUT2D eigenvalue weighted by atomic mass is 9.83. The predicted octanol–water partition coefficient (Wildman–Crippen LogP) is 4.47. The Morgan fingerprint density at radius 2 is 1.88 bits per heavy atom. The second-order valence-corrected chi connectivity index (χ2v) is 6.86. The molecule has 2 aromatic carbocycles. The molecular weight excluding hydrogens is 392 g/mol. The van der Waals surface area contributed by atoms with Crippen LogP contribution >= 0.6 is 27.5 Å². The van der Waals surface area contributed by atoms with Crippen LogP contribution in [0.5, 0.6) is 0 Å². The first-order valence-corrected chi connectivity index (χ1v) is 8.44.